The molecular weight excluding hydrogens is 374 g/mol. The zero-order chi connectivity index (χ0) is 21.7. The maximum absolute atomic E-state index is 12.3. The first-order valence-corrected chi connectivity index (χ1v) is 13.0. The van der Waals surface area contributed by atoms with Gasteiger partial charge in [-0.3, -0.25) is 9.59 Å². The summed E-state index contributed by atoms with van der Waals surface area (Å²) in [7, 11) is 0. The molecule has 1 amide bonds. The lowest BCUT2D eigenvalue weighted by Crippen LogP contribution is -2.33. The molecule has 0 saturated heterocycles. The van der Waals surface area contributed by atoms with Crippen molar-refractivity contribution in [3.63, 3.8) is 0 Å². The third-order valence-corrected chi connectivity index (χ3v) is 7.50. The van der Waals surface area contributed by atoms with Crippen LogP contribution in [0.25, 0.3) is 0 Å². The van der Waals surface area contributed by atoms with Crippen LogP contribution in [0.4, 0.5) is 0 Å². The topological polar surface area (TPSA) is 66.4 Å². The Morgan fingerprint density at radius 2 is 1.20 bits per heavy atom. The lowest BCUT2D eigenvalue weighted by atomic mass is 9.90. The van der Waals surface area contributed by atoms with Gasteiger partial charge in [-0.1, -0.05) is 77.6 Å². The van der Waals surface area contributed by atoms with Gasteiger partial charge in [-0.25, -0.2) is 0 Å². The second-order valence-corrected chi connectivity index (χ2v) is 10.1. The number of hydrogen-bond acceptors (Lipinski definition) is 3. The number of aliphatic hydroxyl groups excluding tert-OH is 1. The van der Waals surface area contributed by atoms with Crippen LogP contribution < -0.4 is 5.32 Å². The maximum Gasteiger partial charge on any atom is 0.226 e. The number of carbonyl (C=O) groups excluding carboxylic acids is 2. The minimum absolute atomic E-state index is 0.0291. The average Bonchev–Trinajstić information content (AvgIpc) is 3.67. The second kappa shape index (κ2) is 13.5. The minimum Gasteiger partial charge on any atom is -0.395 e. The fraction of sp³-hybridized carbons (Fsp3) is 0.923. The molecule has 0 radical (unpaired) electrons. The van der Waals surface area contributed by atoms with Crippen LogP contribution >= 0.6 is 0 Å². The number of amides is 1. The highest BCUT2D eigenvalue weighted by molar-refractivity contribution is 5.87. The highest BCUT2D eigenvalue weighted by Gasteiger charge is 2.48. The molecule has 2 aliphatic carbocycles. The van der Waals surface area contributed by atoms with Crippen molar-refractivity contribution in [2.75, 3.05) is 13.2 Å². The van der Waals surface area contributed by atoms with Gasteiger partial charge in [0.15, 0.2) is 0 Å². The predicted octanol–water partition coefficient (Wildman–Crippen LogP) is 6.10. The standard InChI is InChI=1S/C26H47NO3/c1-2-3-14-23(29)25(17-18-25)15-12-10-8-6-4-5-7-9-11-13-16-26(19-20-26)24(30)27-21-22-28/h28H,2-22H2,1H3,(H,27,30). The molecule has 0 aliphatic heterocycles. The van der Waals surface area contributed by atoms with Crippen molar-refractivity contribution in [1.29, 1.82) is 0 Å². The molecule has 2 fully saturated rings. The van der Waals surface area contributed by atoms with Gasteiger partial charge in [-0.2, -0.15) is 0 Å². The van der Waals surface area contributed by atoms with Crippen LogP contribution in [0.15, 0.2) is 0 Å². The number of carbonyl (C=O) groups is 2. The van der Waals surface area contributed by atoms with Crippen LogP contribution in [0, 0.1) is 10.8 Å². The van der Waals surface area contributed by atoms with Crippen molar-refractivity contribution in [1.82, 2.24) is 5.32 Å². The Morgan fingerprint density at radius 1 is 0.733 bits per heavy atom. The van der Waals surface area contributed by atoms with Gasteiger partial charge in [0.2, 0.25) is 5.91 Å². The van der Waals surface area contributed by atoms with Crippen LogP contribution in [-0.4, -0.2) is 29.9 Å². The molecule has 0 heterocycles. The summed E-state index contributed by atoms with van der Waals surface area (Å²) in [6, 6.07) is 0. The molecule has 0 bridgehead atoms. The van der Waals surface area contributed by atoms with Gasteiger partial charge in [0, 0.05) is 23.8 Å². The van der Waals surface area contributed by atoms with E-state index < -0.39 is 0 Å². The lowest BCUT2D eigenvalue weighted by molar-refractivity contribution is -0.127. The van der Waals surface area contributed by atoms with Crippen molar-refractivity contribution in [2.24, 2.45) is 10.8 Å². The molecule has 2 N–H and O–H groups in total. The number of ketones is 1. The van der Waals surface area contributed by atoms with E-state index in [0.717, 1.165) is 64.2 Å². The van der Waals surface area contributed by atoms with E-state index in [1.165, 1.54) is 57.8 Å². The summed E-state index contributed by atoms with van der Waals surface area (Å²) in [5.41, 5.74) is 0.0303. The van der Waals surface area contributed by atoms with E-state index in [1.807, 2.05) is 0 Å². The third kappa shape index (κ3) is 8.69. The lowest BCUT2D eigenvalue weighted by Gasteiger charge is -2.14. The number of nitrogens with one attached hydrogen (secondary N) is 1. The van der Waals surface area contributed by atoms with Crippen molar-refractivity contribution in [3.8, 4) is 0 Å². The van der Waals surface area contributed by atoms with E-state index in [9.17, 15) is 9.59 Å². The van der Waals surface area contributed by atoms with E-state index in [-0.39, 0.29) is 23.3 Å². The Bertz CT molecular complexity index is 462. The van der Waals surface area contributed by atoms with E-state index in [2.05, 4.69) is 12.2 Å². The molecule has 2 saturated carbocycles. The van der Waals surface area contributed by atoms with Crippen LogP contribution in [0.2, 0.25) is 0 Å². The molecule has 0 aromatic carbocycles. The fourth-order valence-corrected chi connectivity index (χ4v) is 4.86. The molecule has 174 valence electrons. The molecule has 30 heavy (non-hydrogen) atoms. The first kappa shape index (κ1) is 25.4. The monoisotopic (exact) mass is 421 g/mol. The predicted molar refractivity (Wildman–Crippen MR) is 123 cm³/mol. The normalized spacial score (nSPS) is 18.2. The summed E-state index contributed by atoms with van der Waals surface area (Å²) in [6.07, 6.45) is 22.4. The Hall–Kier alpha value is -0.900. The molecule has 2 rings (SSSR count). The highest BCUT2D eigenvalue weighted by atomic mass is 16.3. The number of aliphatic hydroxyl groups is 1. The Morgan fingerprint density at radius 3 is 1.63 bits per heavy atom. The fourth-order valence-electron chi connectivity index (χ4n) is 4.86. The molecule has 0 aromatic heterocycles. The van der Waals surface area contributed by atoms with Crippen molar-refractivity contribution in [3.05, 3.63) is 0 Å². The second-order valence-electron chi connectivity index (χ2n) is 10.1. The van der Waals surface area contributed by atoms with Crippen LogP contribution in [0.1, 0.15) is 129 Å². The van der Waals surface area contributed by atoms with Crippen molar-refractivity contribution >= 4 is 11.7 Å². The number of Topliss-reactive ketones (excluding diaryl/α,β-unsaturated/α-hetero) is 1. The van der Waals surface area contributed by atoms with Crippen molar-refractivity contribution in [2.45, 2.75) is 129 Å². The average molecular weight is 422 g/mol. The summed E-state index contributed by atoms with van der Waals surface area (Å²) >= 11 is 0. The number of rotatable bonds is 20. The van der Waals surface area contributed by atoms with Gasteiger partial charge in [0.1, 0.15) is 5.78 Å². The van der Waals surface area contributed by atoms with Crippen LogP contribution in [0.5, 0.6) is 0 Å². The molecule has 0 atom stereocenters. The van der Waals surface area contributed by atoms with E-state index in [0.29, 0.717) is 12.3 Å². The molecule has 4 heteroatoms. The molecule has 0 unspecified atom stereocenters. The minimum atomic E-state index is -0.0885. The van der Waals surface area contributed by atoms with Crippen LogP contribution in [-0.2, 0) is 9.59 Å². The first-order chi connectivity index (χ1) is 14.6. The van der Waals surface area contributed by atoms with Crippen LogP contribution in [0.3, 0.4) is 0 Å². The highest BCUT2D eigenvalue weighted by Crippen LogP contribution is 2.52. The summed E-state index contributed by atoms with van der Waals surface area (Å²) in [5.74, 6) is 0.720. The summed E-state index contributed by atoms with van der Waals surface area (Å²) < 4.78 is 0. The third-order valence-electron chi connectivity index (χ3n) is 7.50. The largest absolute Gasteiger partial charge is 0.395 e. The zero-order valence-electron chi connectivity index (χ0n) is 19.6. The Kier molecular flexibility index (Phi) is 11.4. The van der Waals surface area contributed by atoms with Gasteiger partial charge in [-0.05, 0) is 44.9 Å². The summed E-state index contributed by atoms with van der Waals surface area (Å²) in [5, 5.41) is 11.7. The van der Waals surface area contributed by atoms with E-state index in [1.54, 1.807) is 0 Å². The van der Waals surface area contributed by atoms with Crippen molar-refractivity contribution < 1.29 is 14.7 Å². The molecule has 0 aromatic rings. The molecule has 2 aliphatic rings. The summed E-state index contributed by atoms with van der Waals surface area (Å²) in [4.78, 5) is 24.4. The Labute approximate surface area is 185 Å². The van der Waals surface area contributed by atoms with Gasteiger partial charge >= 0.3 is 0 Å². The SMILES string of the molecule is CCCCC(=O)C1(CCCCCCCCCCCCC2(C(=O)NCCO)CC2)CC1. The van der Waals surface area contributed by atoms with Gasteiger partial charge in [0.25, 0.3) is 0 Å². The summed E-state index contributed by atoms with van der Waals surface area (Å²) in [6.45, 7) is 2.58. The number of hydrogen-bond donors (Lipinski definition) is 2. The Balaban J connectivity index is 1.36. The molecule has 4 nitrogen and oxygen atoms in total. The zero-order valence-corrected chi connectivity index (χ0v) is 19.6. The van der Waals surface area contributed by atoms with Gasteiger partial charge in [-0.15, -0.1) is 0 Å². The smallest absolute Gasteiger partial charge is 0.226 e. The van der Waals surface area contributed by atoms with E-state index in [4.69, 9.17) is 5.11 Å². The quantitative estimate of drug-likeness (QED) is 0.234. The molecule has 0 spiro atoms. The van der Waals surface area contributed by atoms with Gasteiger partial charge in [0.05, 0.1) is 6.61 Å². The maximum atomic E-state index is 12.3. The van der Waals surface area contributed by atoms with Gasteiger partial charge < -0.3 is 10.4 Å². The number of unbranched alkanes of at least 4 members (excludes halogenated alkanes) is 10. The van der Waals surface area contributed by atoms with E-state index >= 15 is 0 Å². The molecular formula is C26H47NO3. The first-order valence-electron chi connectivity index (χ1n) is 13.0.